The number of amides is 2. The standard InChI is InChI=1S/C28H32FN3O4S/c1-30-28(34)26(20-22-12-5-3-6-13-22)32(21-23-14-9-10-17-25(23)29)27(33)18-11-19-31(2)37(35,36)24-15-7-4-8-16-24/h3-10,12-17,26H,11,18-21H2,1-2H3,(H,30,34)/t26-/m0/s1. The third kappa shape index (κ3) is 7.47. The van der Waals surface area contributed by atoms with E-state index < -0.39 is 21.9 Å². The minimum Gasteiger partial charge on any atom is -0.357 e. The van der Waals surface area contributed by atoms with Crippen LogP contribution in [-0.4, -0.2) is 56.1 Å². The molecule has 1 N–H and O–H groups in total. The van der Waals surface area contributed by atoms with Crippen molar-refractivity contribution in [3.8, 4) is 0 Å². The smallest absolute Gasteiger partial charge is 0.242 e. The van der Waals surface area contributed by atoms with E-state index in [9.17, 15) is 22.4 Å². The van der Waals surface area contributed by atoms with Crippen LogP contribution in [0.2, 0.25) is 0 Å². The number of hydrogen-bond acceptors (Lipinski definition) is 4. The summed E-state index contributed by atoms with van der Waals surface area (Å²) in [5.74, 6) is -1.19. The van der Waals surface area contributed by atoms with Crippen molar-refractivity contribution in [1.82, 2.24) is 14.5 Å². The van der Waals surface area contributed by atoms with Crippen molar-refractivity contribution in [2.75, 3.05) is 20.6 Å². The molecule has 0 aliphatic rings. The number of nitrogens with one attached hydrogen (secondary N) is 1. The molecular weight excluding hydrogens is 493 g/mol. The fraction of sp³-hybridized carbons (Fsp3) is 0.286. The molecule has 9 heteroatoms. The topological polar surface area (TPSA) is 86.8 Å². The Morgan fingerprint density at radius 2 is 1.51 bits per heavy atom. The fourth-order valence-corrected chi connectivity index (χ4v) is 5.25. The lowest BCUT2D eigenvalue weighted by Crippen LogP contribution is -2.50. The molecule has 0 saturated heterocycles. The third-order valence-corrected chi connectivity index (χ3v) is 8.00. The molecule has 0 spiro atoms. The molecule has 0 aliphatic heterocycles. The summed E-state index contributed by atoms with van der Waals surface area (Å²) < 4.78 is 41.3. The van der Waals surface area contributed by atoms with Crippen LogP contribution in [0.15, 0.2) is 89.8 Å². The van der Waals surface area contributed by atoms with Crippen LogP contribution in [0.4, 0.5) is 4.39 Å². The van der Waals surface area contributed by atoms with E-state index in [2.05, 4.69) is 5.32 Å². The monoisotopic (exact) mass is 525 g/mol. The minimum absolute atomic E-state index is 0.00855. The van der Waals surface area contributed by atoms with Crippen molar-refractivity contribution < 1.29 is 22.4 Å². The predicted octanol–water partition coefficient (Wildman–Crippen LogP) is 3.61. The van der Waals surface area contributed by atoms with Gasteiger partial charge in [-0.05, 0) is 30.2 Å². The van der Waals surface area contributed by atoms with Gasteiger partial charge in [0, 0.05) is 45.6 Å². The van der Waals surface area contributed by atoms with Gasteiger partial charge in [-0.25, -0.2) is 17.1 Å². The van der Waals surface area contributed by atoms with Gasteiger partial charge in [0.2, 0.25) is 21.8 Å². The van der Waals surface area contributed by atoms with Crippen LogP contribution in [-0.2, 0) is 32.6 Å². The van der Waals surface area contributed by atoms with E-state index in [1.807, 2.05) is 30.3 Å². The SMILES string of the molecule is CNC(=O)[C@H](Cc1ccccc1)N(Cc1ccccc1F)C(=O)CCCN(C)S(=O)(=O)c1ccccc1. The van der Waals surface area contributed by atoms with Crippen molar-refractivity contribution in [2.45, 2.75) is 36.7 Å². The van der Waals surface area contributed by atoms with Crippen molar-refractivity contribution in [2.24, 2.45) is 0 Å². The lowest BCUT2D eigenvalue weighted by atomic mass is 10.0. The van der Waals surface area contributed by atoms with Crippen LogP contribution in [0.3, 0.4) is 0 Å². The van der Waals surface area contributed by atoms with Crippen molar-refractivity contribution in [3.63, 3.8) is 0 Å². The molecule has 0 aromatic heterocycles. The Morgan fingerprint density at radius 1 is 0.919 bits per heavy atom. The lowest BCUT2D eigenvalue weighted by Gasteiger charge is -2.31. The van der Waals surface area contributed by atoms with Gasteiger partial charge in [-0.1, -0.05) is 66.7 Å². The molecule has 0 saturated carbocycles. The van der Waals surface area contributed by atoms with Crippen LogP contribution in [0.25, 0.3) is 0 Å². The molecule has 0 radical (unpaired) electrons. The number of hydrogen-bond donors (Lipinski definition) is 1. The molecule has 0 fully saturated rings. The zero-order valence-corrected chi connectivity index (χ0v) is 21.8. The van der Waals surface area contributed by atoms with Gasteiger partial charge >= 0.3 is 0 Å². The number of carbonyl (C=O) groups is 2. The summed E-state index contributed by atoms with van der Waals surface area (Å²) in [4.78, 5) is 27.9. The molecule has 0 bridgehead atoms. The quantitative estimate of drug-likeness (QED) is 0.391. The summed E-state index contributed by atoms with van der Waals surface area (Å²) in [6.45, 7) is 0.0222. The summed E-state index contributed by atoms with van der Waals surface area (Å²) in [6, 6.07) is 22.6. The Morgan fingerprint density at radius 3 is 2.14 bits per heavy atom. The van der Waals surface area contributed by atoms with Crippen LogP contribution in [0.5, 0.6) is 0 Å². The molecule has 0 unspecified atom stereocenters. The van der Waals surface area contributed by atoms with Crippen LogP contribution >= 0.6 is 0 Å². The van der Waals surface area contributed by atoms with Crippen LogP contribution in [0.1, 0.15) is 24.0 Å². The average molecular weight is 526 g/mol. The number of rotatable bonds is 12. The van der Waals surface area contributed by atoms with Gasteiger partial charge in [0.15, 0.2) is 0 Å². The van der Waals surface area contributed by atoms with E-state index in [0.29, 0.717) is 5.56 Å². The maximum absolute atomic E-state index is 14.5. The van der Waals surface area contributed by atoms with E-state index in [1.165, 1.54) is 41.5 Å². The van der Waals surface area contributed by atoms with Crippen LogP contribution < -0.4 is 5.32 Å². The van der Waals surface area contributed by atoms with Gasteiger partial charge in [-0.15, -0.1) is 0 Å². The number of likely N-dealkylation sites (N-methyl/N-ethyl adjacent to an activating group) is 1. The Kier molecular flexibility index (Phi) is 9.93. The van der Waals surface area contributed by atoms with Crippen molar-refractivity contribution >= 4 is 21.8 Å². The molecule has 0 heterocycles. The number of nitrogens with zero attached hydrogens (tertiary/aromatic N) is 2. The molecule has 196 valence electrons. The maximum Gasteiger partial charge on any atom is 0.242 e. The first-order valence-electron chi connectivity index (χ1n) is 12.0. The van der Waals surface area contributed by atoms with Crippen molar-refractivity contribution in [1.29, 1.82) is 0 Å². The highest BCUT2D eigenvalue weighted by atomic mass is 32.2. The average Bonchev–Trinajstić information content (AvgIpc) is 2.92. The Hall–Kier alpha value is -3.56. The molecule has 1 atom stereocenters. The molecule has 3 aromatic carbocycles. The second-order valence-corrected chi connectivity index (χ2v) is 10.7. The van der Waals surface area contributed by atoms with E-state index in [-0.39, 0.29) is 49.1 Å². The van der Waals surface area contributed by atoms with Crippen LogP contribution in [0, 0.1) is 5.82 Å². The van der Waals surface area contributed by atoms with Gasteiger partial charge < -0.3 is 10.2 Å². The molecule has 3 rings (SSSR count). The van der Waals surface area contributed by atoms with E-state index in [1.54, 1.807) is 36.4 Å². The van der Waals surface area contributed by atoms with E-state index in [0.717, 1.165) is 5.56 Å². The highest BCUT2D eigenvalue weighted by Gasteiger charge is 2.30. The Balaban J connectivity index is 1.79. The van der Waals surface area contributed by atoms with Gasteiger partial charge in [-0.3, -0.25) is 9.59 Å². The molecule has 2 amide bonds. The first-order valence-corrected chi connectivity index (χ1v) is 13.5. The normalized spacial score (nSPS) is 12.2. The van der Waals surface area contributed by atoms with Crippen molar-refractivity contribution in [3.05, 3.63) is 102 Å². The Labute approximate surface area is 218 Å². The molecule has 37 heavy (non-hydrogen) atoms. The summed E-state index contributed by atoms with van der Waals surface area (Å²) >= 11 is 0. The summed E-state index contributed by atoms with van der Waals surface area (Å²) in [5, 5.41) is 2.62. The van der Waals surface area contributed by atoms with E-state index >= 15 is 0 Å². The van der Waals surface area contributed by atoms with Gasteiger partial charge in [0.25, 0.3) is 0 Å². The maximum atomic E-state index is 14.5. The summed E-state index contributed by atoms with van der Waals surface area (Å²) in [7, 11) is -0.731. The minimum atomic E-state index is -3.69. The summed E-state index contributed by atoms with van der Waals surface area (Å²) in [6.07, 6.45) is 0.481. The third-order valence-electron chi connectivity index (χ3n) is 6.13. The first kappa shape index (κ1) is 28.0. The number of carbonyl (C=O) groups excluding carboxylic acids is 2. The van der Waals surface area contributed by atoms with Gasteiger partial charge in [0.05, 0.1) is 4.90 Å². The predicted molar refractivity (Wildman–Crippen MR) is 140 cm³/mol. The Bertz CT molecular complexity index is 1290. The highest BCUT2D eigenvalue weighted by Crippen LogP contribution is 2.19. The fourth-order valence-electron chi connectivity index (χ4n) is 4.02. The van der Waals surface area contributed by atoms with E-state index in [4.69, 9.17) is 0 Å². The lowest BCUT2D eigenvalue weighted by molar-refractivity contribution is -0.141. The second kappa shape index (κ2) is 13.1. The largest absolute Gasteiger partial charge is 0.357 e. The molecule has 0 aliphatic carbocycles. The van der Waals surface area contributed by atoms with Gasteiger partial charge in [-0.2, -0.15) is 0 Å². The molecule has 7 nitrogen and oxygen atoms in total. The molecule has 3 aromatic rings. The van der Waals surface area contributed by atoms with Gasteiger partial charge in [0.1, 0.15) is 11.9 Å². The first-order chi connectivity index (χ1) is 17.7. The molecular formula is C28H32FN3O4S. The zero-order valence-electron chi connectivity index (χ0n) is 21.0. The number of benzene rings is 3. The second-order valence-electron chi connectivity index (χ2n) is 8.68. The number of sulfonamides is 1. The number of halogens is 1. The summed E-state index contributed by atoms with van der Waals surface area (Å²) in [5.41, 5.74) is 1.15. The highest BCUT2D eigenvalue weighted by molar-refractivity contribution is 7.89. The zero-order chi connectivity index (χ0) is 26.8.